The quantitative estimate of drug-likeness (QED) is 0.393. The minimum Gasteiger partial charge on any atom is -0.344 e. The Kier molecular flexibility index (Phi) is 5.57. The number of pyridine rings is 1. The molecule has 32 heavy (non-hydrogen) atoms. The van der Waals surface area contributed by atoms with Crippen molar-refractivity contribution in [3.8, 4) is 32.7 Å². The largest absolute Gasteiger partial charge is 0.344 e. The van der Waals surface area contributed by atoms with Crippen LogP contribution in [0.5, 0.6) is 0 Å². The maximum atomic E-state index is 5.71. The number of fused-ring (bicyclic) bond motifs is 1. The Morgan fingerprint density at radius 3 is 2.72 bits per heavy atom. The highest BCUT2D eigenvalue weighted by molar-refractivity contribution is 7.18. The average Bonchev–Trinajstić information content (AvgIpc) is 3.52. The van der Waals surface area contributed by atoms with E-state index in [0.717, 1.165) is 57.1 Å². The number of likely N-dealkylation sites (N-methyl/N-ethyl adjacent to an activating group) is 1. The van der Waals surface area contributed by atoms with Gasteiger partial charge in [0.2, 0.25) is 0 Å². The van der Waals surface area contributed by atoms with Gasteiger partial charge in [-0.15, -0.1) is 11.3 Å². The number of aromatic nitrogens is 5. The standard InChI is InChI=1S/C24H25N7S/c1-16-21(31-15-17(8-9-19(31)28-16)14-30(2)13-10-25)24-29-20(18-6-4-3-5-7-18)22(32-24)23-26-11-12-27-23/h3-9,11-12,15H,10,13-14,25H2,1-2H3,(H,26,27). The summed E-state index contributed by atoms with van der Waals surface area (Å²) in [5.74, 6) is 0.822. The summed E-state index contributed by atoms with van der Waals surface area (Å²) in [6, 6.07) is 14.4. The van der Waals surface area contributed by atoms with Crippen LogP contribution in [-0.2, 0) is 6.54 Å². The molecule has 7 nitrogen and oxygen atoms in total. The van der Waals surface area contributed by atoms with Gasteiger partial charge in [0.25, 0.3) is 0 Å². The first-order valence-electron chi connectivity index (χ1n) is 10.6. The lowest BCUT2D eigenvalue weighted by Crippen LogP contribution is -2.25. The topological polar surface area (TPSA) is 88.1 Å². The summed E-state index contributed by atoms with van der Waals surface area (Å²) < 4.78 is 2.15. The number of imidazole rings is 2. The van der Waals surface area contributed by atoms with Crippen molar-refractivity contribution in [2.24, 2.45) is 5.73 Å². The van der Waals surface area contributed by atoms with E-state index in [1.54, 1.807) is 17.5 Å². The minimum absolute atomic E-state index is 0.644. The summed E-state index contributed by atoms with van der Waals surface area (Å²) in [6.45, 7) is 4.37. The van der Waals surface area contributed by atoms with Crippen LogP contribution in [0.4, 0.5) is 0 Å². The number of benzene rings is 1. The molecule has 0 bridgehead atoms. The van der Waals surface area contributed by atoms with E-state index < -0.39 is 0 Å². The highest BCUT2D eigenvalue weighted by Crippen LogP contribution is 2.40. The number of hydrogen-bond donors (Lipinski definition) is 2. The van der Waals surface area contributed by atoms with Gasteiger partial charge in [0.1, 0.15) is 22.2 Å². The summed E-state index contributed by atoms with van der Waals surface area (Å²) in [5.41, 5.74) is 11.8. The number of aromatic amines is 1. The van der Waals surface area contributed by atoms with Gasteiger partial charge in [-0.2, -0.15) is 0 Å². The Labute approximate surface area is 190 Å². The van der Waals surface area contributed by atoms with Gasteiger partial charge in [0.05, 0.1) is 16.3 Å². The molecule has 5 rings (SSSR count). The van der Waals surface area contributed by atoms with Gasteiger partial charge in [-0.3, -0.25) is 4.40 Å². The molecule has 0 amide bonds. The fourth-order valence-corrected chi connectivity index (χ4v) is 5.07. The molecule has 162 valence electrons. The van der Waals surface area contributed by atoms with E-state index in [4.69, 9.17) is 15.7 Å². The molecule has 3 N–H and O–H groups in total. The monoisotopic (exact) mass is 443 g/mol. The van der Waals surface area contributed by atoms with Crippen molar-refractivity contribution in [1.82, 2.24) is 29.2 Å². The lowest BCUT2D eigenvalue weighted by molar-refractivity contribution is 0.336. The van der Waals surface area contributed by atoms with Crippen molar-refractivity contribution in [1.29, 1.82) is 0 Å². The predicted octanol–water partition coefficient (Wildman–Crippen LogP) is 4.21. The van der Waals surface area contributed by atoms with Crippen LogP contribution < -0.4 is 5.73 Å². The minimum atomic E-state index is 0.644. The zero-order valence-electron chi connectivity index (χ0n) is 18.1. The second kappa shape index (κ2) is 8.66. The van der Waals surface area contributed by atoms with E-state index in [-0.39, 0.29) is 0 Å². The first kappa shape index (κ1) is 20.6. The number of nitrogens with zero attached hydrogens (tertiary/aromatic N) is 5. The predicted molar refractivity (Wildman–Crippen MR) is 129 cm³/mol. The van der Waals surface area contributed by atoms with Crippen LogP contribution in [0.1, 0.15) is 11.3 Å². The zero-order chi connectivity index (χ0) is 22.1. The molecule has 0 fully saturated rings. The van der Waals surface area contributed by atoms with E-state index in [1.807, 2.05) is 31.3 Å². The molecule has 8 heteroatoms. The number of rotatable bonds is 7. The maximum absolute atomic E-state index is 5.71. The summed E-state index contributed by atoms with van der Waals surface area (Å²) in [6.07, 6.45) is 5.77. The van der Waals surface area contributed by atoms with Gasteiger partial charge < -0.3 is 15.6 Å². The van der Waals surface area contributed by atoms with Gasteiger partial charge in [-0.25, -0.2) is 15.0 Å². The highest BCUT2D eigenvalue weighted by atomic mass is 32.1. The maximum Gasteiger partial charge on any atom is 0.149 e. The molecule has 1 aromatic carbocycles. The number of hydrogen-bond acceptors (Lipinski definition) is 6. The second-order valence-electron chi connectivity index (χ2n) is 7.84. The van der Waals surface area contributed by atoms with Crippen molar-refractivity contribution < 1.29 is 0 Å². The van der Waals surface area contributed by atoms with Crippen LogP contribution in [0, 0.1) is 6.92 Å². The molecule has 0 aliphatic rings. The molecule has 0 saturated carbocycles. The first-order valence-corrected chi connectivity index (χ1v) is 11.4. The van der Waals surface area contributed by atoms with Crippen LogP contribution >= 0.6 is 11.3 Å². The Balaban J connectivity index is 1.64. The molecule has 0 spiro atoms. The Hall–Kier alpha value is -3.33. The molecule has 4 heterocycles. The molecular formula is C24H25N7S. The van der Waals surface area contributed by atoms with Gasteiger partial charge in [-0.05, 0) is 25.6 Å². The molecule has 0 aliphatic heterocycles. The molecule has 0 atom stereocenters. The number of nitrogens with one attached hydrogen (secondary N) is 1. The van der Waals surface area contributed by atoms with Gasteiger partial charge >= 0.3 is 0 Å². The van der Waals surface area contributed by atoms with Gasteiger partial charge in [-0.1, -0.05) is 36.4 Å². The summed E-state index contributed by atoms with van der Waals surface area (Å²) in [5, 5.41) is 0.924. The lowest BCUT2D eigenvalue weighted by Gasteiger charge is -2.15. The van der Waals surface area contributed by atoms with Crippen LogP contribution in [0.3, 0.4) is 0 Å². The molecule has 0 saturated heterocycles. The van der Waals surface area contributed by atoms with E-state index in [1.165, 1.54) is 5.56 Å². The average molecular weight is 444 g/mol. The molecule has 4 aromatic heterocycles. The van der Waals surface area contributed by atoms with Gasteiger partial charge in [0, 0.05) is 43.8 Å². The highest BCUT2D eigenvalue weighted by Gasteiger charge is 2.21. The van der Waals surface area contributed by atoms with Gasteiger partial charge in [0.15, 0.2) is 0 Å². The Morgan fingerprint density at radius 2 is 1.97 bits per heavy atom. The zero-order valence-corrected chi connectivity index (χ0v) is 18.9. The fourth-order valence-electron chi connectivity index (χ4n) is 3.93. The van der Waals surface area contributed by atoms with Crippen LogP contribution in [0.25, 0.3) is 38.3 Å². The smallest absolute Gasteiger partial charge is 0.149 e. The Bertz CT molecular complexity index is 1340. The van der Waals surface area contributed by atoms with Crippen LogP contribution in [-0.4, -0.2) is 49.4 Å². The fraction of sp³-hybridized carbons (Fsp3) is 0.208. The third-order valence-electron chi connectivity index (χ3n) is 5.41. The Morgan fingerprint density at radius 1 is 1.12 bits per heavy atom. The third kappa shape index (κ3) is 3.84. The number of nitrogens with two attached hydrogens (primary N) is 1. The van der Waals surface area contributed by atoms with Crippen molar-refractivity contribution in [2.75, 3.05) is 20.1 Å². The van der Waals surface area contributed by atoms with Crippen molar-refractivity contribution >= 4 is 17.0 Å². The normalized spacial score (nSPS) is 11.6. The second-order valence-corrected chi connectivity index (χ2v) is 8.84. The molecule has 0 aliphatic carbocycles. The van der Waals surface area contributed by atoms with Crippen molar-refractivity contribution in [3.05, 3.63) is 72.3 Å². The SMILES string of the molecule is Cc1nc2ccc(CN(C)CCN)cn2c1-c1nc(-c2ccccc2)c(-c2ncc[nH]2)s1. The summed E-state index contributed by atoms with van der Waals surface area (Å²) in [4.78, 5) is 20.8. The van der Waals surface area contributed by atoms with E-state index in [9.17, 15) is 0 Å². The summed E-state index contributed by atoms with van der Waals surface area (Å²) in [7, 11) is 2.08. The third-order valence-corrected chi connectivity index (χ3v) is 6.48. The first-order chi connectivity index (χ1) is 15.6. The summed E-state index contributed by atoms with van der Waals surface area (Å²) >= 11 is 1.63. The molecule has 0 unspecified atom stereocenters. The van der Waals surface area contributed by atoms with E-state index in [0.29, 0.717) is 6.54 Å². The number of thiazole rings is 1. The van der Waals surface area contributed by atoms with Crippen LogP contribution in [0.2, 0.25) is 0 Å². The lowest BCUT2D eigenvalue weighted by atomic mass is 10.1. The van der Waals surface area contributed by atoms with E-state index in [2.05, 4.69) is 56.8 Å². The molecular weight excluding hydrogens is 418 g/mol. The van der Waals surface area contributed by atoms with Crippen molar-refractivity contribution in [3.63, 3.8) is 0 Å². The number of H-pyrrole nitrogens is 1. The molecule has 5 aromatic rings. The molecule has 0 radical (unpaired) electrons. The number of aryl methyl sites for hydroxylation is 1. The van der Waals surface area contributed by atoms with E-state index >= 15 is 0 Å². The van der Waals surface area contributed by atoms with Crippen molar-refractivity contribution in [2.45, 2.75) is 13.5 Å². The van der Waals surface area contributed by atoms with Crippen LogP contribution in [0.15, 0.2) is 61.1 Å².